The van der Waals surface area contributed by atoms with Crippen LogP contribution in [0.2, 0.25) is 5.02 Å². The molecule has 0 heterocycles. The lowest BCUT2D eigenvalue weighted by molar-refractivity contribution is -0.122. The second kappa shape index (κ2) is 9.94. The molecule has 0 aliphatic rings. The molecule has 1 N–H and O–H groups in total. The Kier molecular flexibility index (Phi) is 7.89. The van der Waals surface area contributed by atoms with E-state index in [9.17, 15) is 13.2 Å². The number of carbonyl (C=O) groups is 1. The third-order valence-electron chi connectivity index (χ3n) is 4.52. The number of sulfonamides is 1. The molecule has 2 rings (SSSR count). The monoisotopic (exact) mass is 422 g/mol. The van der Waals surface area contributed by atoms with E-state index in [1.807, 2.05) is 30.3 Å². The second-order valence-electron chi connectivity index (χ2n) is 6.79. The summed E-state index contributed by atoms with van der Waals surface area (Å²) in [5.41, 5.74) is 2.38. The number of carbonyl (C=O) groups excluding carboxylic acids is 1. The van der Waals surface area contributed by atoms with E-state index in [4.69, 9.17) is 11.6 Å². The van der Waals surface area contributed by atoms with E-state index in [-0.39, 0.29) is 5.91 Å². The molecule has 2 aromatic carbocycles. The van der Waals surface area contributed by atoms with Gasteiger partial charge < -0.3 is 5.32 Å². The highest BCUT2D eigenvalue weighted by atomic mass is 35.5. The molecule has 0 aliphatic heterocycles. The number of halogens is 1. The first-order chi connectivity index (χ1) is 13.2. The van der Waals surface area contributed by atoms with Gasteiger partial charge in [0, 0.05) is 11.6 Å². The van der Waals surface area contributed by atoms with Gasteiger partial charge in [-0.25, -0.2) is 8.42 Å². The van der Waals surface area contributed by atoms with Gasteiger partial charge in [-0.2, -0.15) is 0 Å². The Morgan fingerprint density at radius 1 is 1.18 bits per heavy atom. The van der Waals surface area contributed by atoms with Crippen molar-refractivity contribution in [3.05, 3.63) is 64.7 Å². The van der Waals surface area contributed by atoms with Crippen LogP contribution in [0.3, 0.4) is 0 Å². The van der Waals surface area contributed by atoms with E-state index in [0.717, 1.165) is 24.7 Å². The van der Waals surface area contributed by atoms with Gasteiger partial charge in [0.2, 0.25) is 15.9 Å². The predicted molar refractivity (Wildman–Crippen MR) is 115 cm³/mol. The lowest BCUT2D eigenvalue weighted by Gasteiger charge is -2.31. The zero-order chi connectivity index (χ0) is 20.7. The molecule has 0 saturated carbocycles. The quantitative estimate of drug-likeness (QED) is 0.622. The third-order valence-corrected chi connectivity index (χ3v) is 5.92. The van der Waals surface area contributed by atoms with Crippen molar-refractivity contribution >= 4 is 33.2 Å². The fraction of sp³-hybridized carbons (Fsp3) is 0.381. The molecular weight excluding hydrogens is 396 g/mol. The minimum Gasteiger partial charge on any atom is -0.354 e. The van der Waals surface area contributed by atoms with E-state index in [1.165, 1.54) is 9.87 Å². The molecule has 5 nitrogen and oxygen atoms in total. The number of amides is 1. The van der Waals surface area contributed by atoms with Crippen molar-refractivity contribution in [2.24, 2.45) is 0 Å². The molecule has 7 heteroatoms. The molecule has 152 valence electrons. The predicted octanol–water partition coefficient (Wildman–Crippen LogP) is 3.94. The van der Waals surface area contributed by atoms with Gasteiger partial charge in [0.25, 0.3) is 0 Å². The van der Waals surface area contributed by atoms with Gasteiger partial charge in [0.15, 0.2) is 0 Å². The Morgan fingerprint density at radius 2 is 1.86 bits per heavy atom. The summed E-state index contributed by atoms with van der Waals surface area (Å²) in [6.45, 7) is 4.08. The first-order valence-corrected chi connectivity index (χ1v) is 11.5. The van der Waals surface area contributed by atoms with Crippen molar-refractivity contribution in [3.63, 3.8) is 0 Å². The maximum atomic E-state index is 12.8. The Hall–Kier alpha value is -2.05. The summed E-state index contributed by atoms with van der Waals surface area (Å²) in [4.78, 5) is 12.8. The van der Waals surface area contributed by atoms with E-state index < -0.39 is 16.1 Å². The lowest BCUT2D eigenvalue weighted by Crippen LogP contribution is -2.49. The molecule has 0 saturated heterocycles. The summed E-state index contributed by atoms with van der Waals surface area (Å²) in [5.74, 6) is -0.305. The third kappa shape index (κ3) is 5.97. The number of rotatable bonds is 9. The molecule has 0 fully saturated rings. The average molecular weight is 423 g/mol. The topological polar surface area (TPSA) is 66.5 Å². The van der Waals surface area contributed by atoms with Gasteiger partial charge in [0.1, 0.15) is 6.04 Å². The zero-order valence-corrected chi connectivity index (χ0v) is 18.1. The van der Waals surface area contributed by atoms with Crippen LogP contribution >= 0.6 is 11.6 Å². The van der Waals surface area contributed by atoms with Crippen molar-refractivity contribution in [2.45, 2.75) is 39.2 Å². The minimum atomic E-state index is -3.67. The number of hydrogen-bond donors (Lipinski definition) is 1. The molecule has 0 aliphatic carbocycles. The highest BCUT2D eigenvalue weighted by Gasteiger charge is 2.32. The molecule has 28 heavy (non-hydrogen) atoms. The van der Waals surface area contributed by atoms with Gasteiger partial charge >= 0.3 is 0 Å². The summed E-state index contributed by atoms with van der Waals surface area (Å²) in [6.07, 6.45) is 3.09. The molecule has 0 unspecified atom stereocenters. The van der Waals surface area contributed by atoms with Crippen molar-refractivity contribution in [3.8, 4) is 0 Å². The normalized spacial score (nSPS) is 12.4. The van der Waals surface area contributed by atoms with Gasteiger partial charge in [-0.1, -0.05) is 54.9 Å². The molecule has 1 amide bonds. The Morgan fingerprint density at radius 3 is 2.46 bits per heavy atom. The van der Waals surface area contributed by atoms with Crippen molar-refractivity contribution in [1.29, 1.82) is 0 Å². The molecule has 0 spiro atoms. The van der Waals surface area contributed by atoms with Gasteiger partial charge in [-0.3, -0.25) is 9.10 Å². The number of nitrogens with zero attached hydrogens (tertiary/aromatic N) is 1. The van der Waals surface area contributed by atoms with Crippen LogP contribution in [0, 0.1) is 6.92 Å². The minimum absolute atomic E-state index is 0.305. The number of benzene rings is 2. The van der Waals surface area contributed by atoms with Crippen LogP contribution in [0.5, 0.6) is 0 Å². The van der Waals surface area contributed by atoms with E-state index in [1.54, 1.807) is 32.0 Å². The SMILES string of the molecule is CC[C@H](C(=O)NCCCc1ccccc1)N(c1cc(Cl)ccc1C)S(C)(=O)=O. The van der Waals surface area contributed by atoms with Crippen LogP contribution in [-0.4, -0.2) is 33.2 Å². The Balaban J connectivity index is 2.12. The molecule has 1 atom stereocenters. The van der Waals surface area contributed by atoms with Crippen LogP contribution in [0.1, 0.15) is 30.9 Å². The number of nitrogens with one attached hydrogen (secondary N) is 1. The smallest absolute Gasteiger partial charge is 0.243 e. The largest absolute Gasteiger partial charge is 0.354 e. The summed E-state index contributed by atoms with van der Waals surface area (Å²) in [6, 6.07) is 14.2. The molecule has 2 aromatic rings. The van der Waals surface area contributed by atoms with Crippen LogP contribution < -0.4 is 9.62 Å². The van der Waals surface area contributed by atoms with Crippen molar-refractivity contribution in [1.82, 2.24) is 5.32 Å². The second-order valence-corrected chi connectivity index (χ2v) is 9.09. The Labute approximate surface area is 172 Å². The van der Waals surface area contributed by atoms with E-state index >= 15 is 0 Å². The summed E-state index contributed by atoms with van der Waals surface area (Å²) in [7, 11) is -3.67. The van der Waals surface area contributed by atoms with E-state index in [2.05, 4.69) is 5.32 Å². The maximum absolute atomic E-state index is 12.8. The number of anilines is 1. The lowest BCUT2D eigenvalue weighted by atomic mass is 10.1. The summed E-state index contributed by atoms with van der Waals surface area (Å²) in [5, 5.41) is 3.31. The standard InChI is InChI=1S/C21H27ClN2O3S/c1-4-19(21(25)23-14-8-11-17-9-6-5-7-10-17)24(28(3,26)27)20-15-18(22)13-12-16(20)2/h5-7,9-10,12-13,15,19H,4,8,11,14H2,1-3H3,(H,23,25)/t19-/m1/s1. The highest BCUT2D eigenvalue weighted by Crippen LogP contribution is 2.29. The van der Waals surface area contributed by atoms with Crippen LogP contribution in [0.15, 0.2) is 48.5 Å². The maximum Gasteiger partial charge on any atom is 0.243 e. The van der Waals surface area contributed by atoms with Gasteiger partial charge in [-0.05, 0) is 49.4 Å². The fourth-order valence-corrected chi connectivity index (χ4v) is 4.55. The van der Waals surface area contributed by atoms with Crippen LogP contribution in [-0.2, 0) is 21.2 Å². The molecule has 0 aromatic heterocycles. The molecular formula is C21H27ClN2O3S. The van der Waals surface area contributed by atoms with E-state index in [0.29, 0.717) is 23.7 Å². The van der Waals surface area contributed by atoms with Crippen LogP contribution in [0.4, 0.5) is 5.69 Å². The molecule has 0 bridgehead atoms. The van der Waals surface area contributed by atoms with Crippen molar-refractivity contribution in [2.75, 3.05) is 17.1 Å². The first kappa shape index (κ1) is 22.2. The molecule has 0 radical (unpaired) electrons. The summed E-state index contributed by atoms with van der Waals surface area (Å²) >= 11 is 6.08. The van der Waals surface area contributed by atoms with Gasteiger partial charge in [-0.15, -0.1) is 0 Å². The number of hydrogen-bond acceptors (Lipinski definition) is 3. The average Bonchev–Trinajstić information content (AvgIpc) is 2.65. The Bertz CT molecular complexity index is 901. The number of aryl methyl sites for hydroxylation is 2. The highest BCUT2D eigenvalue weighted by molar-refractivity contribution is 7.92. The summed E-state index contributed by atoms with van der Waals surface area (Å²) < 4.78 is 26.2. The van der Waals surface area contributed by atoms with Crippen molar-refractivity contribution < 1.29 is 13.2 Å². The van der Waals surface area contributed by atoms with Gasteiger partial charge in [0.05, 0.1) is 11.9 Å². The first-order valence-electron chi connectivity index (χ1n) is 9.31. The van der Waals surface area contributed by atoms with Crippen LogP contribution in [0.25, 0.3) is 0 Å². The fourth-order valence-electron chi connectivity index (χ4n) is 3.12. The zero-order valence-electron chi connectivity index (χ0n) is 16.5.